The van der Waals surface area contributed by atoms with Crippen molar-refractivity contribution in [1.29, 1.82) is 0 Å². The van der Waals surface area contributed by atoms with E-state index in [0.29, 0.717) is 12.7 Å². The number of aliphatic hydroxyl groups is 1. The molecule has 4 unspecified atom stereocenters. The standard InChI is InChI=1S/C25H37NO5/c1-18-12-13-19(16-22(18)25(28)26-29)14-15-21(27)10-6-4-2-3-5-8-20-9-7-11-23-24(20)31-17-30-23/h7,9,11-13,18-19,21-22,27,29H,2-6,8,10,14-17H2,1H3,(H,26,28). The first kappa shape index (κ1) is 23.6. The lowest BCUT2D eigenvalue weighted by molar-refractivity contribution is -0.135. The number of carbonyl (C=O) groups excluding carboxylic acids is 1. The second-order valence-electron chi connectivity index (χ2n) is 9.01. The summed E-state index contributed by atoms with van der Waals surface area (Å²) in [5, 5.41) is 19.2. The molecule has 0 spiro atoms. The van der Waals surface area contributed by atoms with Crippen molar-refractivity contribution in [3.8, 4) is 11.5 Å². The molecule has 1 heterocycles. The summed E-state index contributed by atoms with van der Waals surface area (Å²) in [6.07, 6.45) is 13.9. The number of fused-ring (bicyclic) bond motifs is 1. The SMILES string of the molecule is CC1C=CC(CCC(O)CCCCCCCc2cccc3c2OCO3)CC1C(=O)NO. The van der Waals surface area contributed by atoms with Gasteiger partial charge in [0.05, 0.1) is 6.10 Å². The number of allylic oxidation sites excluding steroid dienone is 2. The maximum Gasteiger partial charge on any atom is 0.247 e. The third-order valence-electron chi connectivity index (χ3n) is 6.66. The summed E-state index contributed by atoms with van der Waals surface area (Å²) in [4.78, 5) is 11.8. The minimum absolute atomic E-state index is 0.136. The number of unbranched alkanes of at least 4 members (excludes halogenated alkanes) is 4. The van der Waals surface area contributed by atoms with Gasteiger partial charge >= 0.3 is 0 Å². The molecule has 1 aliphatic carbocycles. The highest BCUT2D eigenvalue weighted by Gasteiger charge is 2.29. The summed E-state index contributed by atoms with van der Waals surface area (Å²) in [5.41, 5.74) is 3.02. The molecule has 0 saturated heterocycles. The lowest BCUT2D eigenvalue weighted by atomic mass is 9.77. The molecule has 1 aromatic carbocycles. The fourth-order valence-electron chi connectivity index (χ4n) is 4.69. The van der Waals surface area contributed by atoms with Gasteiger partial charge in [-0.1, -0.05) is 56.9 Å². The van der Waals surface area contributed by atoms with E-state index in [1.165, 1.54) is 18.4 Å². The third-order valence-corrected chi connectivity index (χ3v) is 6.66. The Kier molecular flexibility index (Phi) is 9.22. The average molecular weight is 432 g/mol. The number of carbonyl (C=O) groups is 1. The molecular formula is C25H37NO5. The largest absolute Gasteiger partial charge is 0.454 e. The zero-order chi connectivity index (χ0) is 22.1. The fraction of sp³-hybridized carbons (Fsp3) is 0.640. The highest BCUT2D eigenvalue weighted by molar-refractivity contribution is 5.78. The van der Waals surface area contributed by atoms with Crippen LogP contribution >= 0.6 is 0 Å². The van der Waals surface area contributed by atoms with Gasteiger partial charge in [0.2, 0.25) is 12.7 Å². The van der Waals surface area contributed by atoms with E-state index >= 15 is 0 Å². The third kappa shape index (κ3) is 6.97. The number of nitrogens with one attached hydrogen (secondary N) is 1. The molecule has 4 atom stereocenters. The van der Waals surface area contributed by atoms with Crippen molar-refractivity contribution in [2.24, 2.45) is 17.8 Å². The number of ether oxygens (including phenoxy) is 2. The predicted octanol–water partition coefficient (Wildman–Crippen LogP) is 4.77. The van der Waals surface area contributed by atoms with E-state index in [1.54, 1.807) is 5.48 Å². The van der Waals surface area contributed by atoms with Crippen LogP contribution < -0.4 is 15.0 Å². The molecule has 0 fully saturated rings. The van der Waals surface area contributed by atoms with Crippen molar-refractivity contribution in [2.45, 2.75) is 77.2 Å². The Morgan fingerprint density at radius 2 is 1.94 bits per heavy atom. The number of rotatable bonds is 12. The molecule has 0 saturated carbocycles. The fourth-order valence-corrected chi connectivity index (χ4v) is 4.69. The summed E-state index contributed by atoms with van der Waals surface area (Å²) in [6.45, 7) is 2.32. The minimum Gasteiger partial charge on any atom is -0.454 e. The molecule has 1 aromatic rings. The van der Waals surface area contributed by atoms with Crippen molar-refractivity contribution in [1.82, 2.24) is 5.48 Å². The van der Waals surface area contributed by atoms with E-state index < -0.39 is 0 Å². The van der Waals surface area contributed by atoms with Crippen LogP contribution in [0.25, 0.3) is 0 Å². The molecule has 3 rings (SSSR count). The Hall–Kier alpha value is -2.05. The number of aryl methyl sites for hydroxylation is 1. The number of hydrogen-bond donors (Lipinski definition) is 3. The summed E-state index contributed by atoms with van der Waals surface area (Å²) < 4.78 is 11.0. The monoisotopic (exact) mass is 431 g/mol. The van der Waals surface area contributed by atoms with Crippen molar-refractivity contribution < 1.29 is 24.6 Å². The molecule has 6 nitrogen and oxygen atoms in total. The Labute approximate surface area is 185 Å². The van der Waals surface area contributed by atoms with Crippen LogP contribution in [-0.4, -0.2) is 29.1 Å². The van der Waals surface area contributed by atoms with Gasteiger partial charge in [-0.15, -0.1) is 0 Å². The van der Waals surface area contributed by atoms with Gasteiger partial charge in [0, 0.05) is 5.92 Å². The molecule has 2 aliphatic rings. The number of aliphatic hydroxyl groups excluding tert-OH is 1. The van der Waals surface area contributed by atoms with E-state index in [-0.39, 0.29) is 23.8 Å². The van der Waals surface area contributed by atoms with E-state index in [2.05, 4.69) is 18.2 Å². The van der Waals surface area contributed by atoms with Gasteiger partial charge in [0.1, 0.15) is 0 Å². The van der Waals surface area contributed by atoms with Crippen LogP contribution in [0, 0.1) is 17.8 Å². The molecule has 6 heteroatoms. The highest BCUT2D eigenvalue weighted by Crippen LogP contribution is 2.36. The number of hydrogen-bond acceptors (Lipinski definition) is 5. The first-order valence-corrected chi connectivity index (χ1v) is 11.8. The molecule has 172 valence electrons. The average Bonchev–Trinajstić information content (AvgIpc) is 3.27. The van der Waals surface area contributed by atoms with Gasteiger partial charge in [-0.3, -0.25) is 10.0 Å². The van der Waals surface area contributed by atoms with Crippen LogP contribution in [0.2, 0.25) is 0 Å². The molecule has 0 aromatic heterocycles. The highest BCUT2D eigenvalue weighted by atomic mass is 16.7. The second-order valence-corrected chi connectivity index (χ2v) is 9.01. The van der Waals surface area contributed by atoms with Gasteiger partial charge in [-0.05, 0) is 62.0 Å². The van der Waals surface area contributed by atoms with Crippen LogP contribution in [0.1, 0.15) is 70.3 Å². The van der Waals surface area contributed by atoms with Gasteiger partial charge in [-0.2, -0.15) is 0 Å². The van der Waals surface area contributed by atoms with Crippen molar-refractivity contribution in [2.75, 3.05) is 6.79 Å². The molecule has 0 bridgehead atoms. The topological polar surface area (TPSA) is 88.0 Å². The molecule has 1 aliphatic heterocycles. The second kappa shape index (κ2) is 12.1. The van der Waals surface area contributed by atoms with E-state index in [1.807, 2.05) is 19.1 Å². The lowest BCUT2D eigenvalue weighted by Gasteiger charge is -2.28. The van der Waals surface area contributed by atoms with Crippen LogP contribution in [0.5, 0.6) is 11.5 Å². The van der Waals surface area contributed by atoms with Crippen molar-refractivity contribution in [3.05, 3.63) is 35.9 Å². The first-order chi connectivity index (χ1) is 15.1. The summed E-state index contributed by atoms with van der Waals surface area (Å²) in [5.74, 6) is 1.71. The van der Waals surface area contributed by atoms with Crippen LogP contribution in [0.3, 0.4) is 0 Å². The Morgan fingerprint density at radius 1 is 1.13 bits per heavy atom. The van der Waals surface area contributed by atoms with Gasteiger partial charge in [0.15, 0.2) is 11.5 Å². The Bertz CT molecular complexity index is 735. The van der Waals surface area contributed by atoms with E-state index in [4.69, 9.17) is 14.7 Å². The van der Waals surface area contributed by atoms with Crippen LogP contribution in [0.15, 0.2) is 30.4 Å². The normalized spacial score (nSPS) is 23.0. The first-order valence-electron chi connectivity index (χ1n) is 11.8. The van der Waals surface area contributed by atoms with E-state index in [9.17, 15) is 9.90 Å². The number of para-hydroxylation sites is 1. The zero-order valence-corrected chi connectivity index (χ0v) is 18.6. The predicted molar refractivity (Wildman–Crippen MR) is 119 cm³/mol. The molecule has 3 N–H and O–H groups in total. The summed E-state index contributed by atoms with van der Waals surface area (Å²) >= 11 is 0. The zero-order valence-electron chi connectivity index (χ0n) is 18.6. The summed E-state index contributed by atoms with van der Waals surface area (Å²) in [6, 6.07) is 6.09. The van der Waals surface area contributed by atoms with Gasteiger partial charge in [-0.25, -0.2) is 5.48 Å². The smallest absolute Gasteiger partial charge is 0.247 e. The Morgan fingerprint density at radius 3 is 2.77 bits per heavy atom. The molecule has 1 amide bonds. The lowest BCUT2D eigenvalue weighted by Crippen LogP contribution is -2.34. The number of amides is 1. The molecular weight excluding hydrogens is 394 g/mol. The molecule has 31 heavy (non-hydrogen) atoms. The van der Waals surface area contributed by atoms with E-state index in [0.717, 1.165) is 62.9 Å². The quantitative estimate of drug-likeness (QED) is 0.192. The molecule has 0 radical (unpaired) electrons. The number of benzene rings is 1. The Balaban J connectivity index is 1.23. The number of hydroxylamine groups is 1. The maximum absolute atomic E-state index is 11.8. The van der Waals surface area contributed by atoms with Crippen molar-refractivity contribution >= 4 is 5.91 Å². The summed E-state index contributed by atoms with van der Waals surface area (Å²) in [7, 11) is 0. The van der Waals surface area contributed by atoms with Gasteiger partial charge < -0.3 is 14.6 Å². The van der Waals surface area contributed by atoms with Crippen molar-refractivity contribution in [3.63, 3.8) is 0 Å². The maximum atomic E-state index is 11.8. The van der Waals surface area contributed by atoms with Crippen LogP contribution in [-0.2, 0) is 11.2 Å². The van der Waals surface area contributed by atoms with Crippen LogP contribution in [0.4, 0.5) is 0 Å². The minimum atomic E-state index is -0.306. The van der Waals surface area contributed by atoms with Gasteiger partial charge in [0.25, 0.3) is 0 Å².